The summed E-state index contributed by atoms with van der Waals surface area (Å²) in [6.07, 6.45) is 43.8. The Hall–Kier alpha value is -2.56. The van der Waals surface area contributed by atoms with Crippen LogP contribution in [0.4, 0.5) is 0 Å². The fourth-order valence-corrected chi connectivity index (χ4v) is 7.25. The quantitative estimate of drug-likeness (QED) is 0.0197. The first-order chi connectivity index (χ1) is 30.2. The molecule has 0 bridgehead atoms. The molecule has 3 unspecified atom stereocenters. The summed E-state index contributed by atoms with van der Waals surface area (Å²) in [6, 6.07) is 0. The van der Waals surface area contributed by atoms with Gasteiger partial charge in [-0.05, 0) is 70.6 Å². The van der Waals surface area contributed by atoms with Crippen LogP contribution < -0.4 is 0 Å². The maximum Gasteiger partial charge on any atom is 0.472 e. The summed E-state index contributed by atoms with van der Waals surface area (Å²) >= 11 is 0. The lowest BCUT2D eigenvalue weighted by Crippen LogP contribution is -2.30. The summed E-state index contributed by atoms with van der Waals surface area (Å²) < 4.78 is 39.2. The van der Waals surface area contributed by atoms with E-state index < -0.39 is 57.8 Å². The van der Waals surface area contributed by atoms with Crippen molar-refractivity contribution >= 4 is 25.7 Å². The summed E-state index contributed by atoms with van der Waals surface area (Å²) in [6.45, 7) is 4.42. The molecule has 0 aliphatic carbocycles. The standard InChI is InChI=1S/C50H89O11P/c1-4-7-10-13-16-19-22-23-26-29-32-35-38-41-50(54)61-47(43-57-48(52)39-36-33-30-27-24-20-17-14-11-8-5-2)45-59-62(55,56)58-44-46(42-51)60-49(53)40-37-34-31-28-25-21-18-15-12-9-6-3/h7,10,15-16,18-19,23,26,46-47,51H,4-6,8-9,11-14,17,20-22,24-25,27-45H2,1-3H3,(H,55,56)/b10-7-,18-15-,19-16-,26-23-. The van der Waals surface area contributed by atoms with Crippen LogP contribution >= 0.6 is 7.82 Å². The number of esters is 3. The van der Waals surface area contributed by atoms with Crippen molar-refractivity contribution < 1.29 is 52.2 Å². The van der Waals surface area contributed by atoms with E-state index in [2.05, 4.69) is 69.4 Å². The zero-order chi connectivity index (χ0) is 45.6. The zero-order valence-corrected chi connectivity index (χ0v) is 40.2. The third-order valence-electron chi connectivity index (χ3n) is 10.2. The van der Waals surface area contributed by atoms with Crippen molar-refractivity contribution in [2.24, 2.45) is 0 Å². The van der Waals surface area contributed by atoms with E-state index in [1.807, 2.05) is 0 Å². The van der Waals surface area contributed by atoms with Crippen molar-refractivity contribution in [1.29, 1.82) is 0 Å². The topological polar surface area (TPSA) is 155 Å². The third-order valence-corrected chi connectivity index (χ3v) is 11.2. The highest BCUT2D eigenvalue weighted by Gasteiger charge is 2.28. The van der Waals surface area contributed by atoms with Gasteiger partial charge in [-0.3, -0.25) is 23.4 Å². The summed E-state index contributed by atoms with van der Waals surface area (Å²) in [4.78, 5) is 48.1. The van der Waals surface area contributed by atoms with Gasteiger partial charge in [0.25, 0.3) is 0 Å². The van der Waals surface area contributed by atoms with Gasteiger partial charge in [0.05, 0.1) is 19.8 Å². The van der Waals surface area contributed by atoms with Crippen LogP contribution in [0.25, 0.3) is 0 Å². The van der Waals surface area contributed by atoms with E-state index in [4.69, 9.17) is 23.3 Å². The third kappa shape index (κ3) is 42.7. The van der Waals surface area contributed by atoms with Crippen LogP contribution in [0.1, 0.15) is 213 Å². The monoisotopic (exact) mass is 897 g/mol. The van der Waals surface area contributed by atoms with Crippen LogP contribution in [0, 0.1) is 0 Å². The summed E-state index contributed by atoms with van der Waals surface area (Å²) in [5.74, 6) is -1.51. The Kier molecular flexibility index (Phi) is 43.2. The molecule has 62 heavy (non-hydrogen) atoms. The maximum absolute atomic E-state index is 12.8. The number of carbonyl (C=O) groups excluding carboxylic acids is 3. The molecular formula is C50H89O11P. The van der Waals surface area contributed by atoms with Gasteiger partial charge in [0.2, 0.25) is 0 Å². The van der Waals surface area contributed by atoms with Crippen LogP contribution in [-0.4, -0.2) is 66.5 Å². The Bertz CT molecular complexity index is 1230. The molecule has 11 nitrogen and oxygen atoms in total. The van der Waals surface area contributed by atoms with Crippen LogP contribution in [0.15, 0.2) is 48.6 Å². The van der Waals surface area contributed by atoms with Gasteiger partial charge in [-0.25, -0.2) is 4.57 Å². The number of ether oxygens (including phenoxy) is 3. The van der Waals surface area contributed by atoms with E-state index in [0.29, 0.717) is 19.3 Å². The van der Waals surface area contributed by atoms with Gasteiger partial charge in [0.1, 0.15) is 12.7 Å². The molecule has 0 saturated heterocycles. The summed E-state index contributed by atoms with van der Waals surface area (Å²) in [7, 11) is -4.74. The van der Waals surface area contributed by atoms with E-state index in [9.17, 15) is 28.9 Å². The van der Waals surface area contributed by atoms with Crippen molar-refractivity contribution in [1.82, 2.24) is 0 Å². The molecule has 0 aromatic rings. The number of aliphatic hydroxyl groups is 1. The molecule has 0 fully saturated rings. The molecule has 0 rings (SSSR count). The Morgan fingerprint density at radius 2 is 0.855 bits per heavy atom. The number of unbranched alkanes of at least 4 members (excludes halogenated alkanes) is 20. The molecule has 0 aliphatic rings. The molecular weight excluding hydrogens is 808 g/mol. The van der Waals surface area contributed by atoms with E-state index in [0.717, 1.165) is 96.3 Å². The Morgan fingerprint density at radius 3 is 1.37 bits per heavy atom. The van der Waals surface area contributed by atoms with Gasteiger partial charge >= 0.3 is 25.7 Å². The smallest absolute Gasteiger partial charge is 0.462 e. The molecule has 2 N–H and O–H groups in total. The number of rotatable bonds is 45. The fourth-order valence-electron chi connectivity index (χ4n) is 6.47. The molecule has 3 atom stereocenters. The highest BCUT2D eigenvalue weighted by Crippen LogP contribution is 2.43. The lowest BCUT2D eigenvalue weighted by Gasteiger charge is -2.21. The van der Waals surface area contributed by atoms with Gasteiger partial charge in [-0.1, -0.05) is 172 Å². The van der Waals surface area contributed by atoms with Crippen molar-refractivity contribution in [2.45, 2.75) is 226 Å². The van der Waals surface area contributed by atoms with Gasteiger partial charge in [-0.2, -0.15) is 0 Å². The number of allylic oxidation sites excluding steroid dienone is 8. The predicted molar refractivity (Wildman–Crippen MR) is 252 cm³/mol. The Balaban J connectivity index is 4.79. The minimum atomic E-state index is -4.74. The first-order valence-corrected chi connectivity index (χ1v) is 26.0. The summed E-state index contributed by atoms with van der Waals surface area (Å²) in [5, 5.41) is 9.73. The number of carbonyl (C=O) groups is 3. The van der Waals surface area contributed by atoms with E-state index >= 15 is 0 Å². The molecule has 12 heteroatoms. The second kappa shape index (κ2) is 45.0. The molecule has 0 spiro atoms. The fraction of sp³-hybridized carbons (Fsp3) is 0.780. The SMILES string of the molecule is CC/C=C\C/C=C\C/C=C\CCCCCC(=O)OC(COC(=O)CCCCCCCCCCCCC)COP(=O)(O)OCC(CO)OC(=O)CCCCCCC/C=C\CCCC. The molecule has 0 saturated carbocycles. The number of aliphatic hydroxyl groups excluding tert-OH is 1. The average Bonchev–Trinajstić information content (AvgIpc) is 3.25. The first-order valence-electron chi connectivity index (χ1n) is 24.5. The number of hydrogen-bond acceptors (Lipinski definition) is 10. The first kappa shape index (κ1) is 59.4. The molecule has 360 valence electrons. The molecule has 0 radical (unpaired) electrons. The second-order valence-corrected chi connectivity index (χ2v) is 17.7. The maximum atomic E-state index is 12.8. The van der Waals surface area contributed by atoms with Crippen molar-refractivity contribution in [3.63, 3.8) is 0 Å². The second-order valence-electron chi connectivity index (χ2n) is 16.2. The lowest BCUT2D eigenvalue weighted by molar-refractivity contribution is -0.161. The van der Waals surface area contributed by atoms with E-state index in [1.165, 1.54) is 57.8 Å². The minimum absolute atomic E-state index is 0.133. The molecule has 0 aromatic carbocycles. The number of phosphoric ester groups is 1. The Morgan fingerprint density at radius 1 is 0.468 bits per heavy atom. The zero-order valence-electron chi connectivity index (χ0n) is 39.3. The normalized spacial score (nSPS) is 14.0. The van der Waals surface area contributed by atoms with Gasteiger partial charge < -0.3 is 24.2 Å². The Labute approximate surface area is 377 Å². The van der Waals surface area contributed by atoms with E-state index in [-0.39, 0.29) is 25.9 Å². The van der Waals surface area contributed by atoms with Crippen molar-refractivity contribution in [2.75, 3.05) is 26.4 Å². The molecule has 0 aliphatic heterocycles. The van der Waals surface area contributed by atoms with Crippen LogP contribution in [0.2, 0.25) is 0 Å². The minimum Gasteiger partial charge on any atom is -0.462 e. The van der Waals surface area contributed by atoms with Gasteiger partial charge in [0.15, 0.2) is 6.10 Å². The average molecular weight is 897 g/mol. The van der Waals surface area contributed by atoms with E-state index in [1.54, 1.807) is 0 Å². The van der Waals surface area contributed by atoms with Gasteiger partial charge in [-0.15, -0.1) is 0 Å². The van der Waals surface area contributed by atoms with Crippen LogP contribution in [0.5, 0.6) is 0 Å². The van der Waals surface area contributed by atoms with Crippen LogP contribution in [0.3, 0.4) is 0 Å². The largest absolute Gasteiger partial charge is 0.472 e. The number of phosphoric acid groups is 1. The molecule has 0 aromatic heterocycles. The van der Waals surface area contributed by atoms with Crippen LogP contribution in [-0.2, 0) is 42.2 Å². The van der Waals surface area contributed by atoms with Crippen molar-refractivity contribution in [3.05, 3.63) is 48.6 Å². The molecule has 0 heterocycles. The lowest BCUT2D eigenvalue weighted by atomic mass is 10.1. The van der Waals surface area contributed by atoms with Gasteiger partial charge in [0, 0.05) is 19.3 Å². The number of hydrogen-bond donors (Lipinski definition) is 2. The predicted octanol–water partition coefficient (Wildman–Crippen LogP) is 13.5. The summed E-state index contributed by atoms with van der Waals surface area (Å²) in [5.41, 5.74) is 0. The highest BCUT2D eigenvalue weighted by molar-refractivity contribution is 7.47. The van der Waals surface area contributed by atoms with Crippen molar-refractivity contribution in [3.8, 4) is 0 Å². The molecule has 0 amide bonds. The highest BCUT2D eigenvalue weighted by atomic mass is 31.2.